The van der Waals surface area contributed by atoms with Crippen LogP contribution in [0, 0.1) is 0 Å². The van der Waals surface area contributed by atoms with Gasteiger partial charge in [0.1, 0.15) is 0 Å². The molecule has 0 saturated heterocycles. The summed E-state index contributed by atoms with van der Waals surface area (Å²) in [6.07, 6.45) is 1.96. The number of aliphatic carboxylic acids is 1. The molecule has 17 heavy (non-hydrogen) atoms. The van der Waals surface area contributed by atoms with Crippen molar-refractivity contribution in [3.05, 3.63) is 36.0 Å². The van der Waals surface area contributed by atoms with Gasteiger partial charge in [0, 0.05) is 23.6 Å². The number of aromatic nitrogens is 1. The van der Waals surface area contributed by atoms with Crippen molar-refractivity contribution in [3.8, 4) is 0 Å². The molecule has 1 aromatic heterocycles. The van der Waals surface area contributed by atoms with Gasteiger partial charge in [-0.05, 0) is 32.4 Å². The van der Waals surface area contributed by atoms with Crippen LogP contribution in [0.5, 0.6) is 0 Å². The lowest BCUT2D eigenvalue weighted by Gasteiger charge is -2.18. The third kappa shape index (κ3) is 1.71. The Morgan fingerprint density at radius 3 is 2.59 bits per heavy atom. The van der Waals surface area contributed by atoms with Crippen molar-refractivity contribution in [2.24, 2.45) is 0 Å². The molecule has 3 nitrogen and oxygen atoms in total. The highest BCUT2D eigenvalue weighted by atomic mass is 16.4. The maximum atomic E-state index is 11.4. The molecular formula is C14H17NO2. The first-order valence-electron chi connectivity index (χ1n) is 5.80. The van der Waals surface area contributed by atoms with Crippen molar-refractivity contribution in [1.82, 2.24) is 4.57 Å². The van der Waals surface area contributed by atoms with Crippen molar-refractivity contribution < 1.29 is 9.90 Å². The first kappa shape index (κ1) is 11.7. The van der Waals surface area contributed by atoms with Gasteiger partial charge < -0.3 is 9.67 Å². The van der Waals surface area contributed by atoms with E-state index in [4.69, 9.17) is 0 Å². The molecule has 0 saturated carbocycles. The van der Waals surface area contributed by atoms with E-state index in [-0.39, 0.29) is 0 Å². The summed E-state index contributed by atoms with van der Waals surface area (Å²) in [6, 6.07) is 7.94. The molecule has 1 heterocycles. The van der Waals surface area contributed by atoms with Crippen LogP contribution in [0.2, 0.25) is 0 Å². The minimum atomic E-state index is -0.861. The zero-order valence-electron chi connectivity index (χ0n) is 10.4. The lowest BCUT2D eigenvalue weighted by Crippen LogP contribution is -2.28. The van der Waals surface area contributed by atoms with Crippen LogP contribution in [-0.2, 0) is 16.8 Å². The Labute approximate surface area is 101 Å². The summed E-state index contributed by atoms with van der Waals surface area (Å²) >= 11 is 0. The maximum absolute atomic E-state index is 11.4. The molecule has 0 aliphatic rings. The molecule has 1 aromatic carbocycles. The monoisotopic (exact) mass is 231 g/mol. The van der Waals surface area contributed by atoms with E-state index in [0.29, 0.717) is 0 Å². The summed E-state index contributed by atoms with van der Waals surface area (Å²) in [5.74, 6) is -0.795. The Hall–Kier alpha value is -1.77. The number of hydrogen-bond acceptors (Lipinski definition) is 1. The van der Waals surface area contributed by atoms with Crippen molar-refractivity contribution in [2.45, 2.75) is 32.7 Å². The Balaban J connectivity index is 2.75. The smallest absolute Gasteiger partial charge is 0.313 e. The SMILES string of the molecule is CCn1cc(C(C)(C)C(=O)O)c2ccccc21. The molecule has 0 unspecified atom stereocenters. The molecule has 3 heteroatoms. The Bertz CT molecular complexity index is 567. The average Bonchev–Trinajstić information content (AvgIpc) is 2.68. The van der Waals surface area contributed by atoms with E-state index in [1.807, 2.05) is 30.5 Å². The number of hydrogen-bond donors (Lipinski definition) is 1. The van der Waals surface area contributed by atoms with E-state index in [1.165, 1.54) is 0 Å². The minimum absolute atomic E-state index is 0.795. The fourth-order valence-corrected chi connectivity index (χ4v) is 2.12. The molecule has 0 fully saturated rings. The van der Waals surface area contributed by atoms with Gasteiger partial charge in [-0.15, -0.1) is 0 Å². The largest absolute Gasteiger partial charge is 0.481 e. The molecule has 0 amide bonds. The number of para-hydroxylation sites is 1. The number of carbonyl (C=O) groups is 1. The lowest BCUT2D eigenvalue weighted by molar-refractivity contribution is -0.142. The van der Waals surface area contributed by atoms with Crippen molar-refractivity contribution in [1.29, 1.82) is 0 Å². The molecule has 0 bridgehead atoms. The zero-order valence-corrected chi connectivity index (χ0v) is 10.4. The third-order valence-corrected chi connectivity index (χ3v) is 3.34. The number of carboxylic acid groups (broad SMARTS) is 1. The molecule has 0 spiro atoms. The zero-order chi connectivity index (χ0) is 12.6. The molecule has 0 atom stereocenters. The number of aryl methyl sites for hydroxylation is 1. The lowest BCUT2D eigenvalue weighted by atomic mass is 9.85. The molecule has 1 N–H and O–H groups in total. The summed E-state index contributed by atoms with van der Waals surface area (Å²) in [4.78, 5) is 11.4. The molecule has 2 aromatic rings. The van der Waals surface area contributed by atoms with Crippen LogP contribution in [0.15, 0.2) is 30.5 Å². The van der Waals surface area contributed by atoms with E-state index in [9.17, 15) is 9.90 Å². The summed E-state index contributed by atoms with van der Waals surface area (Å²) in [5, 5.41) is 10.4. The fourth-order valence-electron chi connectivity index (χ4n) is 2.12. The van der Waals surface area contributed by atoms with E-state index < -0.39 is 11.4 Å². The van der Waals surface area contributed by atoms with Gasteiger partial charge in [-0.25, -0.2) is 0 Å². The highest BCUT2D eigenvalue weighted by Gasteiger charge is 2.32. The fraction of sp³-hybridized carbons (Fsp3) is 0.357. The van der Waals surface area contributed by atoms with E-state index in [2.05, 4.69) is 11.5 Å². The summed E-state index contributed by atoms with van der Waals surface area (Å²) in [7, 11) is 0. The van der Waals surface area contributed by atoms with Crippen LogP contribution in [0.25, 0.3) is 10.9 Å². The predicted molar refractivity (Wildman–Crippen MR) is 68.3 cm³/mol. The number of rotatable bonds is 3. The quantitative estimate of drug-likeness (QED) is 0.882. The Morgan fingerprint density at radius 2 is 2.00 bits per heavy atom. The van der Waals surface area contributed by atoms with E-state index >= 15 is 0 Å². The van der Waals surface area contributed by atoms with Crippen molar-refractivity contribution in [2.75, 3.05) is 0 Å². The minimum Gasteiger partial charge on any atom is -0.481 e. The molecular weight excluding hydrogens is 214 g/mol. The number of fused-ring (bicyclic) bond motifs is 1. The number of benzene rings is 1. The first-order valence-corrected chi connectivity index (χ1v) is 5.80. The molecule has 0 aliphatic heterocycles. The van der Waals surface area contributed by atoms with E-state index in [0.717, 1.165) is 23.0 Å². The van der Waals surface area contributed by atoms with Gasteiger partial charge in [0.2, 0.25) is 0 Å². The van der Waals surface area contributed by atoms with Gasteiger partial charge in [-0.3, -0.25) is 4.79 Å². The van der Waals surface area contributed by atoms with Crippen molar-refractivity contribution in [3.63, 3.8) is 0 Å². The van der Waals surface area contributed by atoms with Crippen LogP contribution < -0.4 is 0 Å². The first-order chi connectivity index (χ1) is 7.98. The van der Waals surface area contributed by atoms with Crippen LogP contribution >= 0.6 is 0 Å². The van der Waals surface area contributed by atoms with Gasteiger partial charge in [-0.1, -0.05) is 18.2 Å². The van der Waals surface area contributed by atoms with Gasteiger partial charge in [-0.2, -0.15) is 0 Å². The summed E-state index contributed by atoms with van der Waals surface area (Å²) in [6.45, 7) is 6.40. The number of nitrogens with zero attached hydrogens (tertiary/aromatic N) is 1. The normalized spacial score (nSPS) is 11.9. The van der Waals surface area contributed by atoms with Crippen LogP contribution in [0.4, 0.5) is 0 Å². The molecule has 0 radical (unpaired) electrons. The Morgan fingerprint density at radius 1 is 1.35 bits per heavy atom. The second-order valence-corrected chi connectivity index (χ2v) is 4.78. The second kappa shape index (κ2) is 3.91. The summed E-state index contributed by atoms with van der Waals surface area (Å²) in [5.41, 5.74) is 1.11. The molecule has 90 valence electrons. The molecule has 0 aliphatic carbocycles. The van der Waals surface area contributed by atoms with Gasteiger partial charge in [0.25, 0.3) is 0 Å². The Kier molecular flexibility index (Phi) is 2.69. The average molecular weight is 231 g/mol. The van der Waals surface area contributed by atoms with E-state index in [1.54, 1.807) is 13.8 Å². The second-order valence-electron chi connectivity index (χ2n) is 4.78. The molecule has 2 rings (SSSR count). The van der Waals surface area contributed by atoms with Crippen LogP contribution in [0.1, 0.15) is 26.3 Å². The van der Waals surface area contributed by atoms with Gasteiger partial charge in [0.05, 0.1) is 5.41 Å². The van der Waals surface area contributed by atoms with Gasteiger partial charge >= 0.3 is 5.97 Å². The standard InChI is InChI=1S/C14H17NO2/c1-4-15-9-11(14(2,3)13(16)17)10-7-5-6-8-12(10)15/h5-9H,4H2,1-3H3,(H,16,17). The summed E-state index contributed by atoms with van der Waals surface area (Å²) < 4.78 is 2.09. The van der Waals surface area contributed by atoms with Crippen LogP contribution in [-0.4, -0.2) is 15.6 Å². The topological polar surface area (TPSA) is 42.2 Å². The highest BCUT2D eigenvalue weighted by Crippen LogP contribution is 2.32. The number of carboxylic acids is 1. The van der Waals surface area contributed by atoms with Gasteiger partial charge in [0.15, 0.2) is 0 Å². The third-order valence-electron chi connectivity index (χ3n) is 3.34. The predicted octanol–water partition coefficient (Wildman–Crippen LogP) is 3.02. The van der Waals surface area contributed by atoms with Crippen LogP contribution in [0.3, 0.4) is 0 Å². The maximum Gasteiger partial charge on any atom is 0.313 e. The highest BCUT2D eigenvalue weighted by molar-refractivity contribution is 5.92. The van der Waals surface area contributed by atoms with Crippen molar-refractivity contribution >= 4 is 16.9 Å².